The van der Waals surface area contributed by atoms with Crippen molar-refractivity contribution < 1.29 is 13.5 Å². The smallest absolute Gasteiger partial charge is 0.259 e. The first kappa shape index (κ1) is 18.8. The lowest BCUT2D eigenvalue weighted by Crippen LogP contribution is -2.22. The second kappa shape index (κ2) is 7.71. The standard InChI is InChI=1S/C19H20F2N4O2/c1-3-25-17-9-18(23-4-5-27-2)24-10-11(17)6-13(19(25)26)12-7-16(22)15(21)8-14(12)20/h6-10H,3-5,22H2,1-2H3,(H,23,24). The molecule has 0 aliphatic carbocycles. The molecule has 1 aromatic carbocycles. The van der Waals surface area contributed by atoms with Crippen molar-refractivity contribution in [2.45, 2.75) is 13.5 Å². The van der Waals surface area contributed by atoms with E-state index in [9.17, 15) is 13.6 Å². The van der Waals surface area contributed by atoms with Gasteiger partial charge in [-0.15, -0.1) is 0 Å². The van der Waals surface area contributed by atoms with Crippen molar-refractivity contribution in [2.24, 2.45) is 0 Å². The number of halogens is 2. The maximum absolute atomic E-state index is 14.3. The van der Waals surface area contributed by atoms with Gasteiger partial charge in [0.2, 0.25) is 0 Å². The fourth-order valence-corrected chi connectivity index (χ4v) is 2.93. The Kier molecular flexibility index (Phi) is 5.36. The van der Waals surface area contributed by atoms with Gasteiger partial charge in [0.05, 0.1) is 23.4 Å². The Bertz CT molecular complexity index is 1050. The number of pyridine rings is 2. The summed E-state index contributed by atoms with van der Waals surface area (Å²) in [5, 5.41) is 3.77. The van der Waals surface area contributed by atoms with E-state index in [2.05, 4.69) is 10.3 Å². The summed E-state index contributed by atoms with van der Waals surface area (Å²) < 4.78 is 34.3. The number of benzene rings is 1. The number of fused-ring (bicyclic) bond motifs is 1. The Morgan fingerprint density at radius 3 is 2.67 bits per heavy atom. The van der Waals surface area contributed by atoms with Crippen LogP contribution in [0.3, 0.4) is 0 Å². The van der Waals surface area contributed by atoms with E-state index in [-0.39, 0.29) is 22.4 Å². The summed E-state index contributed by atoms with van der Waals surface area (Å²) in [7, 11) is 1.60. The van der Waals surface area contributed by atoms with Gasteiger partial charge in [0.25, 0.3) is 5.56 Å². The number of aryl methyl sites for hydroxylation is 1. The molecule has 0 aliphatic heterocycles. The van der Waals surface area contributed by atoms with Crippen LogP contribution in [-0.4, -0.2) is 29.8 Å². The summed E-state index contributed by atoms with van der Waals surface area (Å²) in [5.41, 5.74) is 5.69. The lowest BCUT2D eigenvalue weighted by Gasteiger charge is -2.14. The van der Waals surface area contributed by atoms with Gasteiger partial charge in [-0.2, -0.15) is 0 Å². The topological polar surface area (TPSA) is 82.2 Å². The number of rotatable bonds is 6. The molecule has 3 aromatic rings. The van der Waals surface area contributed by atoms with Crippen molar-refractivity contribution >= 4 is 22.4 Å². The van der Waals surface area contributed by atoms with Crippen molar-refractivity contribution in [3.05, 3.63) is 52.5 Å². The van der Waals surface area contributed by atoms with Crippen LogP contribution in [-0.2, 0) is 11.3 Å². The molecule has 0 amide bonds. The molecule has 0 aliphatic rings. The largest absolute Gasteiger partial charge is 0.396 e. The fourth-order valence-electron chi connectivity index (χ4n) is 2.93. The van der Waals surface area contributed by atoms with E-state index in [1.807, 2.05) is 6.92 Å². The van der Waals surface area contributed by atoms with E-state index >= 15 is 0 Å². The highest BCUT2D eigenvalue weighted by Gasteiger charge is 2.16. The zero-order valence-corrected chi connectivity index (χ0v) is 15.1. The number of hydrogen-bond donors (Lipinski definition) is 2. The molecule has 27 heavy (non-hydrogen) atoms. The molecule has 0 spiro atoms. The van der Waals surface area contributed by atoms with Gasteiger partial charge in [-0.25, -0.2) is 13.8 Å². The average Bonchev–Trinajstić information content (AvgIpc) is 2.65. The summed E-state index contributed by atoms with van der Waals surface area (Å²) in [6.07, 6.45) is 1.60. The molecular weight excluding hydrogens is 354 g/mol. The predicted octanol–water partition coefficient (Wildman–Crippen LogP) is 3.00. The Morgan fingerprint density at radius 1 is 1.19 bits per heavy atom. The molecule has 0 saturated heterocycles. The third-order valence-electron chi connectivity index (χ3n) is 4.28. The Hall–Kier alpha value is -3.00. The van der Waals surface area contributed by atoms with Crippen LogP contribution in [0.25, 0.3) is 22.0 Å². The molecule has 6 nitrogen and oxygen atoms in total. The summed E-state index contributed by atoms with van der Waals surface area (Å²) in [6, 6.07) is 5.13. The SMILES string of the molecule is CCn1c(=O)c(-c2cc(N)c(F)cc2F)cc2cnc(NCCOC)cc21. The first-order valence-corrected chi connectivity index (χ1v) is 8.47. The first-order chi connectivity index (χ1) is 13.0. The number of aromatic nitrogens is 2. The number of anilines is 2. The monoisotopic (exact) mass is 374 g/mol. The highest BCUT2D eigenvalue weighted by molar-refractivity contribution is 5.85. The lowest BCUT2D eigenvalue weighted by atomic mass is 10.0. The van der Waals surface area contributed by atoms with E-state index in [1.165, 1.54) is 4.57 Å². The molecule has 0 radical (unpaired) electrons. The third kappa shape index (κ3) is 3.61. The van der Waals surface area contributed by atoms with Gasteiger partial charge in [0, 0.05) is 49.5 Å². The zero-order chi connectivity index (χ0) is 19.6. The Labute approximate surface area is 154 Å². The van der Waals surface area contributed by atoms with Gasteiger partial charge in [-0.05, 0) is 19.1 Å². The van der Waals surface area contributed by atoms with Crippen molar-refractivity contribution in [1.29, 1.82) is 0 Å². The molecule has 0 saturated carbocycles. The van der Waals surface area contributed by atoms with Crippen LogP contribution < -0.4 is 16.6 Å². The van der Waals surface area contributed by atoms with Gasteiger partial charge in [0.15, 0.2) is 0 Å². The number of hydrogen-bond acceptors (Lipinski definition) is 5. The van der Waals surface area contributed by atoms with E-state index in [4.69, 9.17) is 10.5 Å². The molecule has 0 bridgehead atoms. The van der Waals surface area contributed by atoms with Crippen molar-refractivity contribution in [3.8, 4) is 11.1 Å². The van der Waals surface area contributed by atoms with Gasteiger partial charge >= 0.3 is 0 Å². The molecule has 2 heterocycles. The van der Waals surface area contributed by atoms with Crippen LogP contribution in [0.1, 0.15) is 6.92 Å². The molecule has 0 fully saturated rings. The minimum absolute atomic E-state index is 0.0368. The highest BCUT2D eigenvalue weighted by atomic mass is 19.1. The second-order valence-corrected chi connectivity index (χ2v) is 6.01. The van der Waals surface area contributed by atoms with Gasteiger partial charge < -0.3 is 20.4 Å². The molecule has 0 unspecified atom stereocenters. The van der Waals surface area contributed by atoms with Crippen LogP contribution in [0.15, 0.2) is 35.3 Å². The van der Waals surface area contributed by atoms with Crippen LogP contribution >= 0.6 is 0 Å². The van der Waals surface area contributed by atoms with Gasteiger partial charge in [-0.1, -0.05) is 0 Å². The second-order valence-electron chi connectivity index (χ2n) is 6.01. The highest BCUT2D eigenvalue weighted by Crippen LogP contribution is 2.27. The molecule has 3 rings (SSSR count). The number of nitrogens with zero attached hydrogens (tertiary/aromatic N) is 2. The number of nitrogens with two attached hydrogens (primary N) is 1. The van der Waals surface area contributed by atoms with Crippen molar-refractivity contribution in [2.75, 3.05) is 31.3 Å². The van der Waals surface area contributed by atoms with Crippen LogP contribution in [0, 0.1) is 11.6 Å². The first-order valence-electron chi connectivity index (χ1n) is 8.47. The van der Waals surface area contributed by atoms with Crippen LogP contribution in [0.2, 0.25) is 0 Å². The van der Waals surface area contributed by atoms with Gasteiger partial charge in [0.1, 0.15) is 17.5 Å². The van der Waals surface area contributed by atoms with Crippen molar-refractivity contribution in [3.63, 3.8) is 0 Å². The zero-order valence-electron chi connectivity index (χ0n) is 15.1. The normalized spacial score (nSPS) is 11.1. The summed E-state index contributed by atoms with van der Waals surface area (Å²) >= 11 is 0. The number of nitrogens with one attached hydrogen (secondary N) is 1. The number of ether oxygens (including phenoxy) is 1. The minimum atomic E-state index is -0.860. The Morgan fingerprint density at radius 2 is 1.96 bits per heavy atom. The Balaban J connectivity index is 2.17. The summed E-state index contributed by atoms with van der Waals surface area (Å²) in [6.45, 7) is 3.29. The fraction of sp³-hybridized carbons (Fsp3) is 0.263. The molecule has 0 atom stereocenters. The average molecular weight is 374 g/mol. The molecular formula is C19H20F2N4O2. The third-order valence-corrected chi connectivity index (χ3v) is 4.28. The van der Waals surface area contributed by atoms with E-state index in [1.54, 1.807) is 25.4 Å². The summed E-state index contributed by atoms with van der Waals surface area (Å²) in [4.78, 5) is 17.2. The summed E-state index contributed by atoms with van der Waals surface area (Å²) in [5.74, 6) is -1.10. The van der Waals surface area contributed by atoms with E-state index in [0.717, 1.165) is 6.07 Å². The van der Waals surface area contributed by atoms with E-state index < -0.39 is 11.6 Å². The van der Waals surface area contributed by atoms with Crippen LogP contribution in [0.5, 0.6) is 0 Å². The molecule has 2 aromatic heterocycles. The lowest BCUT2D eigenvalue weighted by molar-refractivity contribution is 0.210. The minimum Gasteiger partial charge on any atom is -0.396 e. The molecule has 8 heteroatoms. The molecule has 3 N–H and O–H groups in total. The quantitative estimate of drug-likeness (QED) is 0.512. The maximum atomic E-state index is 14.3. The van der Waals surface area contributed by atoms with E-state index in [0.29, 0.717) is 42.5 Å². The predicted molar refractivity (Wildman–Crippen MR) is 102 cm³/mol. The van der Waals surface area contributed by atoms with Crippen LogP contribution in [0.4, 0.5) is 20.3 Å². The number of nitrogen functional groups attached to an aromatic ring is 1. The molecule has 142 valence electrons. The number of methoxy groups -OCH3 is 1. The van der Waals surface area contributed by atoms with Gasteiger partial charge in [-0.3, -0.25) is 4.79 Å². The maximum Gasteiger partial charge on any atom is 0.259 e. The van der Waals surface area contributed by atoms with Crippen molar-refractivity contribution in [1.82, 2.24) is 9.55 Å².